The van der Waals surface area contributed by atoms with Crippen LogP contribution < -0.4 is 5.56 Å². The highest BCUT2D eigenvalue weighted by atomic mass is 16.5. The topological polar surface area (TPSA) is 91.8 Å². The maximum atomic E-state index is 11.9. The first-order chi connectivity index (χ1) is 13.0. The molecule has 138 valence electrons. The van der Waals surface area contributed by atoms with E-state index >= 15 is 0 Å². The zero-order valence-electron chi connectivity index (χ0n) is 15.1. The average Bonchev–Trinajstić information content (AvgIpc) is 2.65. The van der Waals surface area contributed by atoms with Gasteiger partial charge in [-0.2, -0.15) is 0 Å². The number of carbonyl (C=O) groups is 1. The van der Waals surface area contributed by atoms with E-state index in [9.17, 15) is 14.7 Å². The second-order valence-corrected chi connectivity index (χ2v) is 6.26. The van der Waals surface area contributed by atoms with E-state index in [0.717, 1.165) is 16.5 Å². The van der Waals surface area contributed by atoms with Crippen molar-refractivity contribution in [3.63, 3.8) is 0 Å². The molecule has 6 heteroatoms. The Hall–Kier alpha value is -3.25. The number of aromatic nitrogens is 1. The Balaban J connectivity index is 2.01. The van der Waals surface area contributed by atoms with E-state index < -0.39 is 12.2 Å². The number of carboxylic acid groups (broad SMARTS) is 1. The summed E-state index contributed by atoms with van der Waals surface area (Å²) >= 11 is 0. The van der Waals surface area contributed by atoms with Gasteiger partial charge in [-0.1, -0.05) is 48.0 Å². The summed E-state index contributed by atoms with van der Waals surface area (Å²) in [5.74, 6) is -1.14. The fraction of sp³-hybridized carbons (Fsp3) is 0.190. The average molecular weight is 364 g/mol. The zero-order valence-corrected chi connectivity index (χ0v) is 15.1. The van der Waals surface area contributed by atoms with Crippen LogP contribution in [0.25, 0.3) is 10.9 Å². The minimum Gasteiger partial charge on any atom is -0.477 e. The van der Waals surface area contributed by atoms with E-state index in [1.165, 1.54) is 13.2 Å². The number of fused-ring (bicyclic) bond motifs is 1. The number of methoxy groups -OCH3 is 1. The highest BCUT2D eigenvalue weighted by Crippen LogP contribution is 2.21. The molecule has 0 bridgehead atoms. The van der Waals surface area contributed by atoms with Gasteiger partial charge in [0, 0.05) is 36.1 Å². The highest BCUT2D eigenvalue weighted by molar-refractivity contribution is 6.36. The van der Waals surface area contributed by atoms with E-state index in [4.69, 9.17) is 4.74 Å². The Morgan fingerprint density at radius 1 is 1.19 bits per heavy atom. The molecule has 6 nitrogen and oxygen atoms in total. The van der Waals surface area contributed by atoms with Crippen molar-refractivity contribution in [3.8, 4) is 0 Å². The normalized spacial score (nSPS) is 12.9. The maximum Gasteiger partial charge on any atom is 0.350 e. The first kappa shape index (κ1) is 18.5. The summed E-state index contributed by atoms with van der Waals surface area (Å²) in [4.78, 5) is 30.8. The number of aryl methyl sites for hydroxylation is 1. The molecule has 0 radical (unpaired) electrons. The molecule has 27 heavy (non-hydrogen) atoms. The van der Waals surface area contributed by atoms with Crippen molar-refractivity contribution in [2.45, 2.75) is 19.6 Å². The summed E-state index contributed by atoms with van der Waals surface area (Å²) < 4.78 is 5.39. The van der Waals surface area contributed by atoms with Crippen molar-refractivity contribution in [1.82, 2.24) is 4.98 Å². The van der Waals surface area contributed by atoms with Crippen LogP contribution in [0.1, 0.15) is 22.9 Å². The molecule has 1 unspecified atom stereocenters. The Labute approximate surface area is 156 Å². The van der Waals surface area contributed by atoms with Gasteiger partial charge in [-0.25, -0.2) is 9.79 Å². The Kier molecular flexibility index (Phi) is 5.47. The van der Waals surface area contributed by atoms with Crippen molar-refractivity contribution >= 4 is 22.6 Å². The number of aliphatic carboxylic acids is 1. The first-order valence-electron chi connectivity index (χ1n) is 8.48. The molecule has 0 amide bonds. The van der Waals surface area contributed by atoms with Crippen LogP contribution >= 0.6 is 0 Å². The minimum absolute atomic E-state index is 0.0193. The summed E-state index contributed by atoms with van der Waals surface area (Å²) in [6, 6.07) is 16.2. The van der Waals surface area contributed by atoms with E-state index in [2.05, 4.69) is 9.98 Å². The number of benzene rings is 2. The third-order valence-electron chi connectivity index (χ3n) is 4.30. The molecule has 0 aliphatic carbocycles. The summed E-state index contributed by atoms with van der Waals surface area (Å²) in [6.07, 6.45) is -0.712. The smallest absolute Gasteiger partial charge is 0.350 e. The van der Waals surface area contributed by atoms with Gasteiger partial charge in [0.25, 0.3) is 0 Å². The number of H-pyrrole nitrogens is 1. The lowest BCUT2D eigenvalue weighted by Crippen LogP contribution is -2.19. The SMILES string of the molecule is COC(/N=C(/Cc1cc(=O)[nH]c2ccccc12)C(=O)O)c1ccc(C)cc1. The molecule has 1 heterocycles. The largest absolute Gasteiger partial charge is 0.477 e. The lowest BCUT2D eigenvalue weighted by Gasteiger charge is -2.13. The van der Waals surface area contributed by atoms with Crippen LogP contribution in [0.3, 0.4) is 0 Å². The molecule has 2 N–H and O–H groups in total. The number of para-hydroxylation sites is 1. The summed E-state index contributed by atoms with van der Waals surface area (Å²) in [7, 11) is 1.48. The molecular formula is C21H20N2O4. The highest BCUT2D eigenvalue weighted by Gasteiger charge is 2.17. The number of aromatic amines is 1. The van der Waals surface area contributed by atoms with Crippen molar-refractivity contribution in [3.05, 3.63) is 81.6 Å². The van der Waals surface area contributed by atoms with Crippen LogP contribution in [0, 0.1) is 6.92 Å². The van der Waals surface area contributed by atoms with E-state index in [0.29, 0.717) is 11.1 Å². The third kappa shape index (κ3) is 4.30. The lowest BCUT2D eigenvalue weighted by atomic mass is 10.0. The van der Waals surface area contributed by atoms with Gasteiger partial charge in [0.2, 0.25) is 5.56 Å². The standard InChI is InChI=1S/C21H20N2O4/c1-13-7-9-14(10-8-13)20(27-2)23-18(21(25)26)11-15-12-19(24)22-17-6-4-3-5-16(15)17/h3-10,12,20H,11H2,1-2H3,(H,22,24)(H,25,26)/b23-18-. The van der Waals surface area contributed by atoms with E-state index in [1.807, 2.05) is 49.4 Å². The van der Waals surface area contributed by atoms with Crippen LogP contribution in [0.5, 0.6) is 0 Å². The van der Waals surface area contributed by atoms with Gasteiger partial charge in [-0.15, -0.1) is 0 Å². The Morgan fingerprint density at radius 2 is 1.89 bits per heavy atom. The molecule has 1 aromatic heterocycles. The zero-order chi connectivity index (χ0) is 19.4. The lowest BCUT2D eigenvalue weighted by molar-refractivity contribution is -0.129. The van der Waals surface area contributed by atoms with Gasteiger partial charge in [-0.3, -0.25) is 4.79 Å². The summed E-state index contributed by atoms with van der Waals surface area (Å²) in [5.41, 5.74) is 2.76. The molecule has 2 aromatic carbocycles. The number of rotatable bonds is 6. The molecule has 0 spiro atoms. The predicted molar refractivity (Wildman–Crippen MR) is 104 cm³/mol. The molecule has 0 aliphatic heterocycles. The second kappa shape index (κ2) is 7.97. The number of aliphatic imine (C=N–C) groups is 1. The monoisotopic (exact) mass is 364 g/mol. The van der Waals surface area contributed by atoms with Crippen LogP contribution in [0.2, 0.25) is 0 Å². The molecule has 1 atom stereocenters. The summed E-state index contributed by atoms with van der Waals surface area (Å²) in [5, 5.41) is 10.4. The molecule has 3 aromatic rings. The number of ether oxygens (including phenoxy) is 1. The second-order valence-electron chi connectivity index (χ2n) is 6.26. The van der Waals surface area contributed by atoms with Crippen LogP contribution in [0.4, 0.5) is 0 Å². The molecular weight excluding hydrogens is 344 g/mol. The number of carboxylic acids is 1. The van der Waals surface area contributed by atoms with Crippen molar-refractivity contribution in [2.75, 3.05) is 7.11 Å². The molecule has 3 rings (SSSR count). The van der Waals surface area contributed by atoms with Crippen LogP contribution in [-0.2, 0) is 16.0 Å². The number of hydrogen-bond acceptors (Lipinski definition) is 4. The molecule has 0 saturated heterocycles. The number of hydrogen-bond donors (Lipinski definition) is 2. The number of pyridine rings is 1. The predicted octanol–water partition coefficient (Wildman–Crippen LogP) is 3.25. The van der Waals surface area contributed by atoms with Gasteiger partial charge in [-0.05, 0) is 18.6 Å². The Bertz CT molecular complexity index is 1050. The molecule has 0 fully saturated rings. The fourth-order valence-electron chi connectivity index (χ4n) is 2.92. The fourth-order valence-corrected chi connectivity index (χ4v) is 2.92. The quantitative estimate of drug-likeness (QED) is 0.657. The summed E-state index contributed by atoms with van der Waals surface area (Å²) in [6.45, 7) is 1.97. The minimum atomic E-state index is -1.14. The van der Waals surface area contributed by atoms with Crippen LogP contribution in [-0.4, -0.2) is 28.9 Å². The maximum absolute atomic E-state index is 11.9. The Morgan fingerprint density at radius 3 is 2.56 bits per heavy atom. The number of nitrogens with zero attached hydrogens (tertiary/aromatic N) is 1. The van der Waals surface area contributed by atoms with Gasteiger partial charge < -0.3 is 14.8 Å². The first-order valence-corrected chi connectivity index (χ1v) is 8.48. The van der Waals surface area contributed by atoms with Gasteiger partial charge in [0.05, 0.1) is 0 Å². The van der Waals surface area contributed by atoms with Gasteiger partial charge >= 0.3 is 5.97 Å². The van der Waals surface area contributed by atoms with Gasteiger partial charge in [0.1, 0.15) is 5.71 Å². The van der Waals surface area contributed by atoms with E-state index in [1.54, 1.807) is 6.07 Å². The van der Waals surface area contributed by atoms with E-state index in [-0.39, 0.29) is 17.7 Å². The van der Waals surface area contributed by atoms with Crippen LogP contribution in [0.15, 0.2) is 64.4 Å². The van der Waals surface area contributed by atoms with Crippen molar-refractivity contribution in [1.29, 1.82) is 0 Å². The van der Waals surface area contributed by atoms with Gasteiger partial charge in [0.15, 0.2) is 6.23 Å². The number of nitrogens with one attached hydrogen (secondary N) is 1. The molecule has 0 saturated carbocycles. The molecule has 0 aliphatic rings. The van der Waals surface area contributed by atoms with Crippen molar-refractivity contribution in [2.24, 2.45) is 4.99 Å². The third-order valence-corrected chi connectivity index (χ3v) is 4.30. The van der Waals surface area contributed by atoms with Crippen molar-refractivity contribution < 1.29 is 14.6 Å².